The monoisotopic (exact) mass is 848 g/mol. The molecule has 6 aliphatic heterocycles. The van der Waals surface area contributed by atoms with E-state index in [2.05, 4.69) is 99.5 Å². The molecular weight excluding hydrogens is 821 g/mol. The third-order valence-electron chi connectivity index (χ3n) is 13.7. The smallest absolute Gasteiger partial charge is 0.260 e. The van der Waals surface area contributed by atoms with Crippen molar-refractivity contribution in [2.45, 2.75) is 0 Å². The van der Waals surface area contributed by atoms with Gasteiger partial charge in [-0.05, 0) is 116 Å². The second kappa shape index (κ2) is 13.1. The molecule has 0 spiro atoms. The van der Waals surface area contributed by atoms with Gasteiger partial charge in [0, 0.05) is 52.3 Å². The van der Waals surface area contributed by atoms with Gasteiger partial charge in [-0.3, -0.25) is 4.31 Å². The van der Waals surface area contributed by atoms with Crippen molar-refractivity contribution < 1.29 is 14.2 Å². The molecule has 0 saturated heterocycles. The van der Waals surface area contributed by atoms with Crippen LogP contribution < -0.4 is 77.9 Å². The number of benzene rings is 8. The van der Waals surface area contributed by atoms with Gasteiger partial charge in [-0.2, -0.15) is 15.8 Å². The van der Waals surface area contributed by atoms with E-state index >= 15 is 0 Å². The highest BCUT2D eigenvalue weighted by Crippen LogP contribution is 2.45. The quantitative estimate of drug-likeness (QED) is 0.171. The first-order valence-electron chi connectivity index (χ1n) is 21.3. The fourth-order valence-corrected chi connectivity index (χ4v) is 11.9. The van der Waals surface area contributed by atoms with Crippen LogP contribution in [0.3, 0.4) is 0 Å². The second-order valence-electron chi connectivity index (χ2n) is 17.0. The Balaban J connectivity index is 1.01. The van der Waals surface area contributed by atoms with Crippen molar-refractivity contribution in [3.05, 3.63) is 156 Å². The highest BCUT2D eigenvalue weighted by molar-refractivity contribution is 8.00. The molecule has 0 aliphatic carbocycles. The first-order chi connectivity index (χ1) is 32.0. The van der Waals surface area contributed by atoms with Crippen LogP contribution in [0.25, 0.3) is 0 Å². The van der Waals surface area contributed by atoms with Crippen molar-refractivity contribution in [2.24, 2.45) is 0 Å². The number of para-hydroxylation sites is 3. The van der Waals surface area contributed by atoms with E-state index in [4.69, 9.17) is 14.2 Å². The number of hydrogen-bond acceptors (Lipinski definition) is 10. The van der Waals surface area contributed by atoms with Crippen molar-refractivity contribution in [2.75, 3.05) is 20.8 Å². The zero-order valence-corrected chi connectivity index (χ0v) is 35.2. The fourth-order valence-electron chi connectivity index (χ4n) is 11.2. The maximum atomic E-state index is 10.3. The van der Waals surface area contributed by atoms with Gasteiger partial charge in [-0.1, -0.05) is 66.7 Å². The van der Waals surface area contributed by atoms with Gasteiger partial charge < -0.3 is 24.4 Å². The molecule has 0 amide bonds. The molecule has 1 N–H and O–H groups in total. The number of nitrogens with zero attached hydrogens (tertiary/aromatic N) is 5. The Hall–Kier alpha value is -8.43. The standard InChI is InChI=1S/C52H27B3N6O3S/c1-65-61-41-24-46-37(22-35(41)54-33-12-6-8-14-44(33)62-47-18-29(26-57)17-43(61)51(47)54)55-36-21-34-38(23-45(36)63-48-19-30(27-58)20-49(64-46)52(48)55)59-39-15-28(25-56)16-42-50(39)53(34)32-11-5-7-13-40(32)60(42)31-9-3-2-4-10-31/h2-24,59H,1H3. The van der Waals surface area contributed by atoms with Crippen LogP contribution in [0.1, 0.15) is 16.7 Å². The molecule has 13 heteroatoms. The maximum absolute atomic E-state index is 10.3. The zero-order chi connectivity index (χ0) is 43.2. The lowest BCUT2D eigenvalue weighted by Crippen LogP contribution is -2.64. The van der Waals surface area contributed by atoms with E-state index in [1.165, 1.54) is 0 Å². The Morgan fingerprint density at radius 2 is 1.03 bits per heavy atom. The summed E-state index contributed by atoms with van der Waals surface area (Å²) < 4.78 is 22.5. The number of nitrogens with one attached hydrogen (secondary N) is 1. The summed E-state index contributed by atoms with van der Waals surface area (Å²) in [5, 5.41) is 34.5. The van der Waals surface area contributed by atoms with E-state index in [-0.39, 0.29) is 20.1 Å². The Bertz CT molecular complexity index is 3660. The van der Waals surface area contributed by atoms with Gasteiger partial charge in [0.25, 0.3) is 20.1 Å². The molecule has 0 aromatic heterocycles. The lowest BCUT2D eigenvalue weighted by Gasteiger charge is -2.42. The summed E-state index contributed by atoms with van der Waals surface area (Å²) in [5.74, 6) is 3.95. The van der Waals surface area contributed by atoms with Crippen molar-refractivity contribution in [3.8, 4) is 52.7 Å². The van der Waals surface area contributed by atoms with Crippen molar-refractivity contribution in [1.82, 2.24) is 0 Å². The molecule has 0 bridgehead atoms. The van der Waals surface area contributed by atoms with Gasteiger partial charge in [0.05, 0.1) is 46.3 Å². The molecule has 0 atom stereocenters. The summed E-state index contributed by atoms with van der Waals surface area (Å²) >= 11 is 1.56. The minimum Gasteiger partial charge on any atom is -0.458 e. The van der Waals surface area contributed by atoms with E-state index in [1.54, 1.807) is 11.9 Å². The van der Waals surface area contributed by atoms with Crippen LogP contribution in [-0.4, -0.2) is 26.4 Å². The molecule has 0 unspecified atom stereocenters. The summed E-state index contributed by atoms with van der Waals surface area (Å²) in [4.78, 5) is 2.27. The largest absolute Gasteiger partial charge is 0.458 e. The topological polar surface area (TPSA) is 118 Å². The Kier molecular flexibility index (Phi) is 7.25. The average Bonchev–Trinajstić information content (AvgIpc) is 3.34. The van der Waals surface area contributed by atoms with Gasteiger partial charge >= 0.3 is 0 Å². The summed E-state index contributed by atoms with van der Waals surface area (Å²) in [6.45, 7) is -0.677. The van der Waals surface area contributed by atoms with Gasteiger partial charge in [-0.25, -0.2) is 0 Å². The number of fused-ring (bicyclic) bond motifs is 12. The fraction of sp³-hybridized carbons (Fsp3) is 0.0192. The number of anilines is 7. The highest BCUT2D eigenvalue weighted by atomic mass is 32.2. The zero-order valence-electron chi connectivity index (χ0n) is 34.4. The van der Waals surface area contributed by atoms with Crippen LogP contribution in [0.15, 0.2) is 140 Å². The van der Waals surface area contributed by atoms with Gasteiger partial charge in [0.15, 0.2) is 0 Å². The van der Waals surface area contributed by atoms with E-state index in [9.17, 15) is 15.8 Å². The number of hydrogen-bond donors (Lipinski definition) is 1. The van der Waals surface area contributed by atoms with Crippen LogP contribution in [0.4, 0.5) is 39.8 Å². The molecule has 9 nitrogen and oxygen atoms in total. The third kappa shape index (κ3) is 4.84. The number of nitriles is 3. The predicted octanol–water partition coefficient (Wildman–Crippen LogP) is 5.74. The summed E-state index contributed by atoms with van der Waals surface area (Å²) in [6.07, 6.45) is 2.04. The highest BCUT2D eigenvalue weighted by Gasteiger charge is 2.48. The normalized spacial score (nSPS) is 14.0. The van der Waals surface area contributed by atoms with Gasteiger partial charge in [0.1, 0.15) is 34.5 Å². The molecular formula is C52H27B3N6O3S. The van der Waals surface area contributed by atoms with E-state index in [0.29, 0.717) is 45.4 Å². The van der Waals surface area contributed by atoms with Crippen molar-refractivity contribution in [1.29, 1.82) is 15.8 Å². The maximum Gasteiger partial charge on any atom is 0.260 e. The molecule has 6 aliphatic rings. The molecule has 0 fully saturated rings. The molecule has 298 valence electrons. The van der Waals surface area contributed by atoms with Crippen LogP contribution in [-0.2, 0) is 0 Å². The van der Waals surface area contributed by atoms with Gasteiger partial charge in [0.2, 0.25) is 0 Å². The molecule has 0 radical (unpaired) electrons. The molecule has 6 heterocycles. The SMILES string of the molecule is CSN1c2cc3c(cc2B2c4ccccc4Oc4cc(C#N)cc1c42)B1c2cc4c(cc2Oc2cc(C#N)cc(c21)O3)Nc1cc(C#N)cc2c1B4c1ccccc1N2c1ccccc1. The van der Waals surface area contributed by atoms with E-state index < -0.39 is 0 Å². The van der Waals surface area contributed by atoms with Crippen LogP contribution >= 0.6 is 11.9 Å². The molecule has 8 aromatic carbocycles. The van der Waals surface area contributed by atoms with Crippen molar-refractivity contribution in [3.63, 3.8) is 0 Å². The number of ether oxygens (including phenoxy) is 3. The average molecular weight is 848 g/mol. The first-order valence-corrected chi connectivity index (χ1v) is 22.5. The first kappa shape index (κ1) is 36.1. The minimum atomic E-state index is -0.322. The van der Waals surface area contributed by atoms with Crippen LogP contribution in [0, 0.1) is 34.0 Å². The molecule has 65 heavy (non-hydrogen) atoms. The number of rotatable bonds is 2. The third-order valence-corrected chi connectivity index (χ3v) is 14.5. The lowest BCUT2D eigenvalue weighted by atomic mass is 9.30. The summed E-state index contributed by atoms with van der Waals surface area (Å²) in [5.41, 5.74) is 17.5. The molecule has 0 saturated carbocycles. The second-order valence-corrected chi connectivity index (χ2v) is 17.7. The van der Waals surface area contributed by atoms with Gasteiger partial charge in [-0.15, -0.1) is 0 Å². The Morgan fingerprint density at radius 3 is 1.78 bits per heavy atom. The van der Waals surface area contributed by atoms with E-state index in [1.807, 2.05) is 79.1 Å². The molecule has 8 aromatic rings. The van der Waals surface area contributed by atoms with Crippen molar-refractivity contribution >= 4 is 121 Å². The predicted molar refractivity (Wildman–Crippen MR) is 261 cm³/mol. The van der Waals surface area contributed by atoms with Crippen LogP contribution in [0.2, 0.25) is 0 Å². The minimum absolute atomic E-state index is 0.169. The Morgan fingerprint density at radius 1 is 0.446 bits per heavy atom. The lowest BCUT2D eigenvalue weighted by molar-refractivity contribution is 0.464. The summed E-state index contributed by atoms with van der Waals surface area (Å²) in [6, 6.07) is 54.3. The Labute approximate surface area is 379 Å². The summed E-state index contributed by atoms with van der Waals surface area (Å²) in [7, 11) is 0. The van der Waals surface area contributed by atoms with E-state index in [0.717, 1.165) is 94.7 Å². The van der Waals surface area contributed by atoms with Crippen LogP contribution in [0.5, 0.6) is 34.5 Å². The molecule has 14 rings (SSSR count).